The van der Waals surface area contributed by atoms with E-state index in [2.05, 4.69) is 55.8 Å². The molecular formula is C13H19Br2N3OS. The lowest BCUT2D eigenvalue weighted by Gasteiger charge is -2.35. The van der Waals surface area contributed by atoms with Gasteiger partial charge in [0.15, 0.2) is 0 Å². The Morgan fingerprint density at radius 2 is 1.95 bits per heavy atom. The molecule has 1 aliphatic heterocycles. The van der Waals surface area contributed by atoms with Crippen LogP contribution in [-0.2, 0) is 0 Å². The lowest BCUT2D eigenvalue weighted by Crippen LogP contribution is -2.49. The minimum Gasteiger partial charge on any atom is -0.335 e. The summed E-state index contributed by atoms with van der Waals surface area (Å²) < 4.78 is 1.93. The number of hydrogen-bond acceptors (Lipinski definition) is 4. The average molecular weight is 425 g/mol. The molecule has 0 aliphatic carbocycles. The molecule has 1 saturated heterocycles. The smallest absolute Gasteiger partial charge is 0.264 e. The zero-order valence-corrected chi connectivity index (χ0v) is 15.7. The highest BCUT2D eigenvalue weighted by Gasteiger charge is 2.23. The number of thiophene rings is 1. The molecule has 1 amide bonds. The van der Waals surface area contributed by atoms with E-state index in [1.807, 2.05) is 11.0 Å². The van der Waals surface area contributed by atoms with E-state index < -0.39 is 0 Å². The van der Waals surface area contributed by atoms with Crippen molar-refractivity contribution in [2.45, 2.75) is 0 Å². The largest absolute Gasteiger partial charge is 0.335 e. The monoisotopic (exact) mass is 423 g/mol. The van der Waals surface area contributed by atoms with Crippen molar-refractivity contribution in [1.29, 1.82) is 0 Å². The maximum absolute atomic E-state index is 12.4. The van der Waals surface area contributed by atoms with Gasteiger partial charge in [-0.3, -0.25) is 9.69 Å². The minimum absolute atomic E-state index is 0.147. The third kappa shape index (κ3) is 4.27. The summed E-state index contributed by atoms with van der Waals surface area (Å²) >= 11 is 8.36. The van der Waals surface area contributed by atoms with Gasteiger partial charge in [0, 0.05) is 43.7 Å². The van der Waals surface area contributed by atoms with E-state index >= 15 is 0 Å². The SMILES string of the molecule is CN(C)CCN1CCN(C(=O)c2cc(Br)c(Br)s2)CC1. The van der Waals surface area contributed by atoms with E-state index in [-0.39, 0.29) is 5.91 Å². The molecule has 0 N–H and O–H groups in total. The van der Waals surface area contributed by atoms with Crippen LogP contribution in [0.3, 0.4) is 0 Å². The molecular weight excluding hydrogens is 406 g/mol. The molecule has 2 heterocycles. The second-order valence-corrected chi connectivity index (χ2v) is 8.39. The van der Waals surface area contributed by atoms with E-state index in [4.69, 9.17) is 0 Å². The first-order valence-electron chi connectivity index (χ1n) is 6.58. The predicted octanol–water partition coefficient (Wildman–Crippen LogP) is 2.59. The first-order valence-corrected chi connectivity index (χ1v) is 8.99. The molecule has 7 heteroatoms. The summed E-state index contributed by atoms with van der Waals surface area (Å²) in [6.07, 6.45) is 0. The Hall–Kier alpha value is 0.0500. The van der Waals surface area contributed by atoms with Crippen LogP contribution in [0.15, 0.2) is 14.3 Å². The van der Waals surface area contributed by atoms with E-state index in [1.165, 1.54) is 11.3 Å². The van der Waals surface area contributed by atoms with Crippen molar-refractivity contribution in [2.75, 3.05) is 53.4 Å². The summed E-state index contributed by atoms with van der Waals surface area (Å²) in [4.78, 5) is 19.8. The maximum Gasteiger partial charge on any atom is 0.264 e. The summed E-state index contributed by atoms with van der Waals surface area (Å²) in [5.41, 5.74) is 0. The van der Waals surface area contributed by atoms with Crippen molar-refractivity contribution in [2.24, 2.45) is 0 Å². The molecule has 1 fully saturated rings. The van der Waals surface area contributed by atoms with Crippen LogP contribution in [0.25, 0.3) is 0 Å². The number of halogens is 2. The predicted molar refractivity (Wildman–Crippen MR) is 90.6 cm³/mol. The third-order valence-corrected chi connectivity index (χ3v) is 6.62. The van der Waals surface area contributed by atoms with E-state index in [9.17, 15) is 4.79 Å². The molecule has 1 aromatic heterocycles. The molecule has 0 bridgehead atoms. The molecule has 1 aromatic rings. The second kappa shape index (κ2) is 7.35. The van der Waals surface area contributed by atoms with Crippen LogP contribution in [0.2, 0.25) is 0 Å². The highest BCUT2D eigenvalue weighted by Crippen LogP contribution is 2.33. The number of piperazine rings is 1. The standard InChI is InChI=1S/C13H19Br2N3OS/c1-16(2)3-4-17-5-7-18(8-6-17)13(19)11-9-10(14)12(15)20-11/h9H,3-8H2,1-2H3. The van der Waals surface area contributed by atoms with Crippen molar-refractivity contribution in [1.82, 2.24) is 14.7 Å². The van der Waals surface area contributed by atoms with Gasteiger partial charge in [0.1, 0.15) is 0 Å². The highest BCUT2D eigenvalue weighted by molar-refractivity contribution is 9.13. The van der Waals surface area contributed by atoms with Gasteiger partial charge in [0.2, 0.25) is 0 Å². The molecule has 112 valence electrons. The number of hydrogen-bond donors (Lipinski definition) is 0. The van der Waals surface area contributed by atoms with Crippen LogP contribution < -0.4 is 0 Å². The van der Waals surface area contributed by atoms with Crippen LogP contribution >= 0.6 is 43.2 Å². The highest BCUT2D eigenvalue weighted by atomic mass is 79.9. The normalized spacial score (nSPS) is 16.9. The molecule has 0 spiro atoms. The first-order chi connectivity index (χ1) is 9.47. The molecule has 2 rings (SSSR count). The lowest BCUT2D eigenvalue weighted by atomic mass is 10.3. The fourth-order valence-electron chi connectivity index (χ4n) is 2.12. The Bertz CT molecular complexity index is 451. The number of carbonyl (C=O) groups excluding carboxylic acids is 1. The number of likely N-dealkylation sites (N-methyl/N-ethyl adjacent to an activating group) is 1. The third-order valence-electron chi connectivity index (χ3n) is 3.38. The maximum atomic E-state index is 12.4. The molecule has 1 aliphatic rings. The van der Waals surface area contributed by atoms with Gasteiger partial charge in [-0.2, -0.15) is 0 Å². The van der Waals surface area contributed by atoms with Gasteiger partial charge >= 0.3 is 0 Å². The zero-order chi connectivity index (χ0) is 14.7. The summed E-state index contributed by atoms with van der Waals surface area (Å²) in [6, 6.07) is 1.90. The van der Waals surface area contributed by atoms with Crippen LogP contribution in [0, 0.1) is 0 Å². The molecule has 0 atom stereocenters. The summed E-state index contributed by atoms with van der Waals surface area (Å²) in [5, 5.41) is 0. The van der Waals surface area contributed by atoms with Gasteiger partial charge in [-0.05, 0) is 52.0 Å². The summed E-state index contributed by atoms with van der Waals surface area (Å²) in [7, 11) is 4.18. The van der Waals surface area contributed by atoms with Gasteiger partial charge < -0.3 is 9.80 Å². The van der Waals surface area contributed by atoms with Gasteiger partial charge in [0.25, 0.3) is 5.91 Å². The molecule has 20 heavy (non-hydrogen) atoms. The molecule has 0 radical (unpaired) electrons. The number of rotatable bonds is 4. The Morgan fingerprint density at radius 3 is 2.45 bits per heavy atom. The average Bonchev–Trinajstić information content (AvgIpc) is 2.76. The van der Waals surface area contributed by atoms with Crippen molar-refractivity contribution in [3.8, 4) is 0 Å². The van der Waals surface area contributed by atoms with E-state index in [0.717, 1.165) is 52.4 Å². The second-order valence-electron chi connectivity index (χ2n) is 5.17. The van der Waals surface area contributed by atoms with Gasteiger partial charge in [-0.15, -0.1) is 11.3 Å². The van der Waals surface area contributed by atoms with Crippen LogP contribution in [0.4, 0.5) is 0 Å². The van der Waals surface area contributed by atoms with Crippen molar-refractivity contribution in [3.05, 3.63) is 19.2 Å². The van der Waals surface area contributed by atoms with Crippen molar-refractivity contribution < 1.29 is 4.79 Å². The molecule has 4 nitrogen and oxygen atoms in total. The van der Waals surface area contributed by atoms with E-state index in [0.29, 0.717) is 0 Å². The minimum atomic E-state index is 0.147. The van der Waals surface area contributed by atoms with Gasteiger partial charge in [-0.25, -0.2) is 0 Å². The summed E-state index contributed by atoms with van der Waals surface area (Å²) in [5.74, 6) is 0.147. The lowest BCUT2D eigenvalue weighted by molar-refractivity contribution is 0.0634. The van der Waals surface area contributed by atoms with Crippen LogP contribution in [-0.4, -0.2) is 74.0 Å². The van der Waals surface area contributed by atoms with E-state index in [1.54, 1.807) is 0 Å². The topological polar surface area (TPSA) is 26.8 Å². The molecule has 0 saturated carbocycles. The quantitative estimate of drug-likeness (QED) is 0.743. The number of carbonyl (C=O) groups is 1. The number of amides is 1. The van der Waals surface area contributed by atoms with Gasteiger partial charge in [-0.1, -0.05) is 0 Å². The first kappa shape index (κ1) is 16.4. The fourth-order valence-corrected chi connectivity index (χ4v) is 4.13. The van der Waals surface area contributed by atoms with Crippen LogP contribution in [0.5, 0.6) is 0 Å². The van der Waals surface area contributed by atoms with Crippen molar-refractivity contribution >= 4 is 49.1 Å². The molecule has 0 unspecified atom stereocenters. The van der Waals surface area contributed by atoms with Crippen LogP contribution in [0.1, 0.15) is 9.67 Å². The zero-order valence-electron chi connectivity index (χ0n) is 11.7. The molecule has 0 aromatic carbocycles. The van der Waals surface area contributed by atoms with Crippen molar-refractivity contribution in [3.63, 3.8) is 0 Å². The Morgan fingerprint density at radius 1 is 1.30 bits per heavy atom. The Kier molecular flexibility index (Phi) is 6.04. The Balaban J connectivity index is 1.85. The fraction of sp³-hybridized carbons (Fsp3) is 0.615. The summed E-state index contributed by atoms with van der Waals surface area (Å²) in [6.45, 7) is 5.71. The van der Waals surface area contributed by atoms with Gasteiger partial charge in [0.05, 0.1) is 8.66 Å². The Labute approximate surface area is 141 Å². The number of nitrogens with zero attached hydrogens (tertiary/aromatic N) is 3.